The molecular formula is C12H20N4O. The molecule has 2 unspecified atom stereocenters. The third kappa shape index (κ3) is 2.33. The number of nitrogens with zero attached hydrogens (tertiary/aromatic N) is 3. The number of nitrogens with one attached hydrogen (secondary N) is 1. The molecule has 0 saturated heterocycles. The van der Waals surface area contributed by atoms with E-state index in [1.54, 1.807) is 12.6 Å². The van der Waals surface area contributed by atoms with Gasteiger partial charge in [0.25, 0.3) is 0 Å². The standard InChI is InChI=1S/C12H20N4O/c1-4-12(2,3)16-8-15-9-7-10(16)13-5-6-14-11(9)17/h5,8-10H,4,6-7H2,1-3H3,(H,14,17). The van der Waals surface area contributed by atoms with E-state index in [0.29, 0.717) is 13.0 Å². The van der Waals surface area contributed by atoms with Crippen LogP contribution < -0.4 is 5.32 Å². The lowest BCUT2D eigenvalue weighted by atomic mass is 9.96. The zero-order chi connectivity index (χ0) is 12.5. The molecule has 0 fully saturated rings. The third-order valence-corrected chi connectivity index (χ3v) is 3.64. The fraction of sp³-hybridized carbons (Fsp3) is 0.750. The van der Waals surface area contributed by atoms with Gasteiger partial charge in [0.1, 0.15) is 12.2 Å². The maximum Gasteiger partial charge on any atom is 0.245 e. The van der Waals surface area contributed by atoms with Gasteiger partial charge in [-0.3, -0.25) is 14.8 Å². The smallest absolute Gasteiger partial charge is 0.245 e. The van der Waals surface area contributed by atoms with Crippen molar-refractivity contribution >= 4 is 18.5 Å². The van der Waals surface area contributed by atoms with Crippen LogP contribution in [0.2, 0.25) is 0 Å². The van der Waals surface area contributed by atoms with Crippen molar-refractivity contribution in [3.05, 3.63) is 0 Å². The van der Waals surface area contributed by atoms with E-state index < -0.39 is 0 Å². The summed E-state index contributed by atoms with van der Waals surface area (Å²) in [5.41, 5.74) is 0.0200. The molecule has 0 radical (unpaired) electrons. The Morgan fingerprint density at radius 1 is 1.53 bits per heavy atom. The molecule has 2 rings (SSSR count). The van der Waals surface area contributed by atoms with Gasteiger partial charge in [0.2, 0.25) is 5.91 Å². The quantitative estimate of drug-likeness (QED) is 0.771. The first kappa shape index (κ1) is 12.1. The number of carbonyl (C=O) groups excluding carboxylic acids is 1. The number of amides is 1. The number of aliphatic imine (C=N–C) groups is 2. The molecule has 2 aliphatic heterocycles. The van der Waals surface area contributed by atoms with Gasteiger partial charge in [-0.1, -0.05) is 6.92 Å². The largest absolute Gasteiger partial charge is 0.349 e. The van der Waals surface area contributed by atoms with Crippen molar-refractivity contribution in [1.82, 2.24) is 10.2 Å². The minimum Gasteiger partial charge on any atom is -0.349 e. The van der Waals surface area contributed by atoms with Crippen LogP contribution in [0.1, 0.15) is 33.6 Å². The lowest BCUT2D eigenvalue weighted by molar-refractivity contribution is -0.122. The Bertz CT molecular complexity index is 362. The molecule has 5 nitrogen and oxygen atoms in total. The normalized spacial score (nSPS) is 28.6. The summed E-state index contributed by atoms with van der Waals surface area (Å²) in [7, 11) is 0. The molecule has 1 N–H and O–H groups in total. The van der Waals surface area contributed by atoms with E-state index in [9.17, 15) is 4.79 Å². The molecule has 17 heavy (non-hydrogen) atoms. The fourth-order valence-corrected chi connectivity index (χ4v) is 2.09. The predicted octanol–water partition coefficient (Wildman–Crippen LogP) is 0.804. The first-order valence-electron chi connectivity index (χ1n) is 6.15. The van der Waals surface area contributed by atoms with Crippen LogP contribution in [0.4, 0.5) is 0 Å². The Morgan fingerprint density at radius 2 is 2.29 bits per heavy atom. The van der Waals surface area contributed by atoms with E-state index in [1.807, 2.05) is 0 Å². The van der Waals surface area contributed by atoms with Crippen LogP contribution in [-0.2, 0) is 4.79 Å². The first-order chi connectivity index (χ1) is 8.04. The number of hydrogen-bond acceptors (Lipinski definition) is 4. The lowest BCUT2D eigenvalue weighted by Crippen LogP contribution is -2.54. The van der Waals surface area contributed by atoms with Crippen LogP contribution in [-0.4, -0.2) is 47.7 Å². The van der Waals surface area contributed by atoms with Crippen LogP contribution in [0.3, 0.4) is 0 Å². The molecule has 2 atom stereocenters. The van der Waals surface area contributed by atoms with Crippen molar-refractivity contribution in [1.29, 1.82) is 0 Å². The van der Waals surface area contributed by atoms with Gasteiger partial charge in [-0.25, -0.2) is 0 Å². The van der Waals surface area contributed by atoms with Crippen molar-refractivity contribution in [2.24, 2.45) is 9.98 Å². The zero-order valence-electron chi connectivity index (χ0n) is 10.7. The molecule has 0 saturated carbocycles. The summed E-state index contributed by atoms with van der Waals surface area (Å²) in [4.78, 5) is 22.7. The average Bonchev–Trinajstić information content (AvgIpc) is 2.32. The Kier molecular flexibility index (Phi) is 3.17. The monoisotopic (exact) mass is 236 g/mol. The SMILES string of the molecule is CCC(C)(C)N1C=NC2CC1N=CCNC2=O. The van der Waals surface area contributed by atoms with Gasteiger partial charge in [-0.05, 0) is 20.3 Å². The van der Waals surface area contributed by atoms with Crippen LogP contribution in [0.15, 0.2) is 9.98 Å². The first-order valence-corrected chi connectivity index (χ1v) is 6.15. The van der Waals surface area contributed by atoms with Crippen molar-refractivity contribution in [2.75, 3.05) is 6.54 Å². The highest BCUT2D eigenvalue weighted by Crippen LogP contribution is 2.26. The second-order valence-electron chi connectivity index (χ2n) is 5.15. The fourth-order valence-electron chi connectivity index (χ4n) is 2.09. The number of fused-ring (bicyclic) bond motifs is 2. The highest BCUT2D eigenvalue weighted by molar-refractivity contribution is 5.86. The average molecular weight is 236 g/mol. The summed E-state index contributed by atoms with van der Waals surface area (Å²) < 4.78 is 0. The molecular weight excluding hydrogens is 216 g/mol. The summed E-state index contributed by atoms with van der Waals surface area (Å²) in [5, 5.41) is 2.79. The Morgan fingerprint density at radius 3 is 3.00 bits per heavy atom. The van der Waals surface area contributed by atoms with Gasteiger partial charge in [0.05, 0.1) is 12.9 Å². The molecule has 1 amide bonds. The molecule has 2 bridgehead atoms. The number of carbonyl (C=O) groups is 1. The molecule has 0 aromatic rings. The molecule has 94 valence electrons. The van der Waals surface area contributed by atoms with Crippen molar-refractivity contribution < 1.29 is 4.79 Å². The summed E-state index contributed by atoms with van der Waals surface area (Å²) in [6.45, 7) is 7.00. The van der Waals surface area contributed by atoms with Gasteiger partial charge in [-0.2, -0.15) is 0 Å². The van der Waals surface area contributed by atoms with Crippen molar-refractivity contribution in [3.8, 4) is 0 Å². The minimum absolute atomic E-state index is 0.00588. The van der Waals surface area contributed by atoms with Crippen LogP contribution in [0.25, 0.3) is 0 Å². The molecule has 0 aliphatic carbocycles. The molecule has 2 heterocycles. The molecule has 2 aliphatic rings. The van der Waals surface area contributed by atoms with Crippen molar-refractivity contribution in [3.63, 3.8) is 0 Å². The Hall–Kier alpha value is -1.39. The summed E-state index contributed by atoms with van der Waals surface area (Å²) in [6, 6.07) is -0.277. The van der Waals surface area contributed by atoms with Gasteiger partial charge in [0, 0.05) is 18.2 Å². The van der Waals surface area contributed by atoms with Crippen LogP contribution in [0.5, 0.6) is 0 Å². The molecule has 0 aromatic heterocycles. The van der Waals surface area contributed by atoms with Crippen LogP contribution in [0, 0.1) is 0 Å². The lowest BCUT2D eigenvalue weighted by Gasteiger charge is -2.43. The van der Waals surface area contributed by atoms with Gasteiger partial charge in [0.15, 0.2) is 0 Å². The topological polar surface area (TPSA) is 57.1 Å². The predicted molar refractivity (Wildman–Crippen MR) is 68.4 cm³/mol. The van der Waals surface area contributed by atoms with E-state index in [0.717, 1.165) is 6.42 Å². The van der Waals surface area contributed by atoms with E-state index in [2.05, 4.69) is 41.0 Å². The summed E-state index contributed by atoms with van der Waals surface area (Å²) >= 11 is 0. The number of hydrogen-bond donors (Lipinski definition) is 1. The Balaban J connectivity index is 2.27. The number of rotatable bonds is 2. The highest BCUT2D eigenvalue weighted by Gasteiger charge is 2.35. The van der Waals surface area contributed by atoms with E-state index in [1.165, 1.54) is 0 Å². The van der Waals surface area contributed by atoms with Gasteiger partial charge >= 0.3 is 0 Å². The molecule has 0 spiro atoms. The second kappa shape index (κ2) is 4.47. The highest BCUT2D eigenvalue weighted by atomic mass is 16.2. The summed E-state index contributed by atoms with van der Waals surface area (Å²) in [6.07, 6.45) is 5.31. The van der Waals surface area contributed by atoms with E-state index in [4.69, 9.17) is 0 Å². The van der Waals surface area contributed by atoms with Crippen molar-refractivity contribution in [2.45, 2.75) is 51.4 Å². The van der Waals surface area contributed by atoms with E-state index >= 15 is 0 Å². The minimum atomic E-state index is -0.277. The summed E-state index contributed by atoms with van der Waals surface area (Å²) in [5.74, 6) is 0.00588. The van der Waals surface area contributed by atoms with Crippen LogP contribution >= 0.6 is 0 Å². The maximum atomic E-state index is 11.7. The van der Waals surface area contributed by atoms with Gasteiger partial charge in [-0.15, -0.1) is 0 Å². The molecule has 0 aromatic carbocycles. The maximum absolute atomic E-state index is 11.7. The Labute approximate surface area is 102 Å². The second-order valence-corrected chi connectivity index (χ2v) is 5.15. The third-order valence-electron chi connectivity index (χ3n) is 3.64. The van der Waals surface area contributed by atoms with Gasteiger partial charge < -0.3 is 10.2 Å². The molecule has 5 heteroatoms. The zero-order valence-corrected chi connectivity index (χ0v) is 10.7. The van der Waals surface area contributed by atoms with E-state index in [-0.39, 0.29) is 23.7 Å².